The molecule has 0 radical (unpaired) electrons. The minimum Gasteiger partial charge on any atom is -0.275 e. The molecule has 0 aliphatic rings. The molecule has 0 bridgehead atoms. The lowest BCUT2D eigenvalue weighted by Crippen LogP contribution is -1.89. The fourth-order valence-electron chi connectivity index (χ4n) is 1.90. The molecule has 3 aromatic rings. The summed E-state index contributed by atoms with van der Waals surface area (Å²) in [6.45, 7) is 7.29. The van der Waals surface area contributed by atoms with Crippen LogP contribution < -0.4 is 0 Å². The third kappa shape index (κ3) is 2.10. The highest BCUT2D eigenvalue weighted by Gasteiger charge is 2.13. The lowest BCUT2D eigenvalue weighted by Gasteiger charge is -2.08. The summed E-state index contributed by atoms with van der Waals surface area (Å²) >= 11 is 18.0. The van der Waals surface area contributed by atoms with Gasteiger partial charge < -0.3 is 0 Å². The second-order valence-corrected chi connectivity index (χ2v) is 5.19. The van der Waals surface area contributed by atoms with E-state index < -0.39 is 0 Å². The van der Waals surface area contributed by atoms with Crippen LogP contribution in [0.2, 0.25) is 15.3 Å². The van der Waals surface area contributed by atoms with Gasteiger partial charge in [0.05, 0.1) is 6.57 Å². The molecule has 0 amide bonds. The Morgan fingerprint density at radius 3 is 2.55 bits per heavy atom. The van der Waals surface area contributed by atoms with Gasteiger partial charge in [-0.25, -0.2) is 4.85 Å². The highest BCUT2D eigenvalue weighted by atomic mass is 35.5. The molecule has 0 aliphatic heterocycles. The van der Waals surface area contributed by atoms with Crippen LogP contribution in [0.15, 0.2) is 30.5 Å². The number of rotatable bonds is 1. The Hall–Kier alpha value is -1.80. The summed E-state index contributed by atoms with van der Waals surface area (Å²) in [6, 6.07) is 6.73. The van der Waals surface area contributed by atoms with Crippen LogP contribution in [0.5, 0.6) is 0 Å². The third-order valence-electron chi connectivity index (χ3n) is 2.82. The zero-order chi connectivity index (χ0) is 14.3. The summed E-state index contributed by atoms with van der Waals surface area (Å²) in [5, 5.41) is 8.87. The van der Waals surface area contributed by atoms with E-state index in [0.29, 0.717) is 32.5 Å². The van der Waals surface area contributed by atoms with Gasteiger partial charge in [-0.3, -0.25) is 4.40 Å². The third-order valence-corrected chi connectivity index (χ3v) is 3.63. The van der Waals surface area contributed by atoms with Crippen molar-refractivity contribution in [2.45, 2.75) is 0 Å². The fraction of sp³-hybridized carbons (Fsp3) is 0. The number of pyridine rings is 1. The smallest absolute Gasteiger partial charge is 0.229 e. The molecule has 0 saturated heterocycles. The van der Waals surface area contributed by atoms with Crippen LogP contribution in [0.25, 0.3) is 21.6 Å². The molecular weight excluding hydrogens is 319 g/mol. The quantitative estimate of drug-likeness (QED) is 0.596. The van der Waals surface area contributed by atoms with Crippen molar-refractivity contribution in [3.05, 3.63) is 57.2 Å². The molecule has 2 heterocycles. The Kier molecular flexibility index (Phi) is 3.27. The second-order valence-electron chi connectivity index (χ2n) is 4.01. The first kappa shape index (κ1) is 13.2. The number of nitrogens with zero attached hydrogens (tertiary/aromatic N) is 4. The van der Waals surface area contributed by atoms with E-state index >= 15 is 0 Å². The Balaban J connectivity index is 2.34. The van der Waals surface area contributed by atoms with E-state index in [0.717, 1.165) is 0 Å². The van der Waals surface area contributed by atoms with Crippen molar-refractivity contribution in [2.24, 2.45) is 0 Å². The summed E-state index contributed by atoms with van der Waals surface area (Å²) in [7, 11) is 0. The number of hydrogen-bond acceptors (Lipinski definition) is 2. The molecule has 98 valence electrons. The van der Waals surface area contributed by atoms with Gasteiger partial charge >= 0.3 is 0 Å². The minimum atomic E-state index is 0.225. The van der Waals surface area contributed by atoms with Crippen molar-refractivity contribution in [3.8, 4) is 11.1 Å². The molecule has 4 nitrogen and oxygen atoms in total. The minimum absolute atomic E-state index is 0.225. The zero-order valence-electron chi connectivity index (χ0n) is 9.81. The van der Waals surface area contributed by atoms with Crippen LogP contribution in [-0.2, 0) is 0 Å². The highest BCUT2D eigenvalue weighted by molar-refractivity contribution is 6.36. The molecule has 7 heteroatoms. The van der Waals surface area contributed by atoms with Crippen molar-refractivity contribution in [1.29, 1.82) is 0 Å². The summed E-state index contributed by atoms with van der Waals surface area (Å²) in [5.74, 6) is 0. The number of benzene rings is 1. The van der Waals surface area contributed by atoms with Gasteiger partial charge in [0.2, 0.25) is 5.28 Å². The standard InChI is InChI=1S/C13H5Cl3N4/c1-17-11-5-12-18-19-13(16)20(12)6-9(11)8-3-2-7(14)4-10(8)15/h2-6H. The maximum Gasteiger partial charge on any atom is 0.229 e. The topological polar surface area (TPSA) is 34.5 Å². The van der Waals surface area contributed by atoms with E-state index in [-0.39, 0.29) is 5.28 Å². The van der Waals surface area contributed by atoms with Gasteiger partial charge in [-0.2, -0.15) is 0 Å². The first-order valence-corrected chi connectivity index (χ1v) is 6.60. The monoisotopic (exact) mass is 322 g/mol. The summed E-state index contributed by atoms with van der Waals surface area (Å²) in [4.78, 5) is 3.50. The van der Waals surface area contributed by atoms with E-state index in [4.69, 9.17) is 41.4 Å². The summed E-state index contributed by atoms with van der Waals surface area (Å²) in [5.41, 5.74) is 2.28. The van der Waals surface area contributed by atoms with Gasteiger partial charge in [0, 0.05) is 21.8 Å². The molecule has 0 N–H and O–H groups in total. The Bertz CT molecular complexity index is 864. The Labute approximate surface area is 129 Å². The van der Waals surface area contributed by atoms with Crippen LogP contribution >= 0.6 is 34.8 Å². The molecule has 0 saturated carbocycles. The molecule has 0 aliphatic carbocycles. The van der Waals surface area contributed by atoms with Crippen LogP contribution in [-0.4, -0.2) is 14.6 Å². The Morgan fingerprint density at radius 1 is 1.05 bits per heavy atom. The predicted molar refractivity (Wildman–Crippen MR) is 79.7 cm³/mol. The SMILES string of the molecule is [C-]#[N+]c1cc2nnc(Cl)n2cc1-c1ccc(Cl)cc1Cl. The van der Waals surface area contributed by atoms with E-state index in [9.17, 15) is 0 Å². The molecule has 3 rings (SSSR count). The van der Waals surface area contributed by atoms with Gasteiger partial charge in [-0.15, -0.1) is 10.2 Å². The summed E-state index contributed by atoms with van der Waals surface area (Å²) < 4.78 is 1.59. The average Bonchev–Trinajstić information content (AvgIpc) is 2.78. The lowest BCUT2D eigenvalue weighted by atomic mass is 10.1. The van der Waals surface area contributed by atoms with Crippen LogP contribution in [0.1, 0.15) is 0 Å². The molecule has 2 aromatic heterocycles. The number of hydrogen-bond donors (Lipinski definition) is 0. The fourth-order valence-corrected chi connectivity index (χ4v) is 2.59. The number of halogens is 3. The van der Waals surface area contributed by atoms with Crippen molar-refractivity contribution in [1.82, 2.24) is 14.6 Å². The van der Waals surface area contributed by atoms with E-state index in [1.807, 2.05) is 0 Å². The largest absolute Gasteiger partial charge is 0.275 e. The normalized spacial score (nSPS) is 10.7. The first-order chi connectivity index (χ1) is 9.60. The number of aromatic nitrogens is 3. The van der Waals surface area contributed by atoms with Gasteiger partial charge in [0.25, 0.3) is 0 Å². The van der Waals surface area contributed by atoms with Gasteiger partial charge in [0.1, 0.15) is 0 Å². The van der Waals surface area contributed by atoms with Gasteiger partial charge in [-0.05, 0) is 35.4 Å². The van der Waals surface area contributed by atoms with E-state index in [1.165, 1.54) is 0 Å². The van der Waals surface area contributed by atoms with Crippen LogP contribution in [0.4, 0.5) is 5.69 Å². The second kappa shape index (κ2) is 4.95. The first-order valence-electron chi connectivity index (χ1n) is 5.47. The molecule has 1 aromatic carbocycles. The zero-order valence-corrected chi connectivity index (χ0v) is 12.1. The molecule has 0 atom stereocenters. The van der Waals surface area contributed by atoms with Crippen LogP contribution in [0.3, 0.4) is 0 Å². The molecule has 0 unspecified atom stereocenters. The molecule has 0 fully saturated rings. The predicted octanol–water partition coefficient (Wildman–Crippen LogP) is 4.91. The van der Waals surface area contributed by atoms with Crippen LogP contribution in [0, 0.1) is 6.57 Å². The molecular formula is C13H5Cl3N4. The van der Waals surface area contributed by atoms with Crippen molar-refractivity contribution in [3.63, 3.8) is 0 Å². The molecule has 0 spiro atoms. The summed E-state index contributed by atoms with van der Waals surface area (Å²) in [6.07, 6.45) is 1.69. The lowest BCUT2D eigenvalue weighted by molar-refractivity contribution is 1.10. The van der Waals surface area contributed by atoms with E-state index in [1.54, 1.807) is 34.9 Å². The maximum atomic E-state index is 7.29. The van der Waals surface area contributed by atoms with Gasteiger partial charge in [-0.1, -0.05) is 29.3 Å². The van der Waals surface area contributed by atoms with E-state index in [2.05, 4.69) is 15.0 Å². The maximum absolute atomic E-state index is 7.29. The van der Waals surface area contributed by atoms with Crippen molar-refractivity contribution >= 4 is 46.1 Å². The molecule has 20 heavy (non-hydrogen) atoms. The Morgan fingerprint density at radius 2 is 1.85 bits per heavy atom. The highest BCUT2D eigenvalue weighted by Crippen LogP contribution is 2.37. The number of fused-ring (bicyclic) bond motifs is 1. The average molecular weight is 324 g/mol. The van der Waals surface area contributed by atoms with Crippen molar-refractivity contribution < 1.29 is 0 Å². The van der Waals surface area contributed by atoms with Gasteiger partial charge in [0.15, 0.2) is 11.3 Å². The van der Waals surface area contributed by atoms with Crippen molar-refractivity contribution in [2.75, 3.05) is 0 Å².